The minimum absolute atomic E-state index is 0.0541. The minimum atomic E-state index is -4.33. The number of hydrogen-bond acceptors (Lipinski definition) is 2. The second-order valence-electron chi connectivity index (χ2n) is 9.79. The summed E-state index contributed by atoms with van der Waals surface area (Å²) in [5.41, 5.74) is 3.57. The van der Waals surface area contributed by atoms with Crippen LogP contribution in [-0.2, 0) is 17.5 Å². The Kier molecular flexibility index (Phi) is 7.45. The third kappa shape index (κ3) is 6.11. The van der Waals surface area contributed by atoms with Gasteiger partial charge in [0.25, 0.3) is 0 Å². The summed E-state index contributed by atoms with van der Waals surface area (Å²) in [7, 11) is 0. The summed E-state index contributed by atoms with van der Waals surface area (Å²) < 4.78 is 40.3. The van der Waals surface area contributed by atoms with Gasteiger partial charge in [0.15, 0.2) is 0 Å². The zero-order valence-electron chi connectivity index (χ0n) is 20.4. The first-order chi connectivity index (χ1) is 17.8. The molecule has 4 nitrogen and oxygen atoms in total. The lowest BCUT2D eigenvalue weighted by Crippen LogP contribution is -2.43. The van der Waals surface area contributed by atoms with E-state index in [-0.39, 0.29) is 11.8 Å². The van der Waals surface area contributed by atoms with Crippen molar-refractivity contribution < 1.29 is 18.0 Å². The zero-order valence-corrected chi connectivity index (χ0v) is 21.2. The Hall–Kier alpha value is -3.03. The van der Waals surface area contributed by atoms with Crippen molar-refractivity contribution in [1.82, 2.24) is 14.4 Å². The van der Waals surface area contributed by atoms with Gasteiger partial charge in [-0.25, -0.2) is 0 Å². The summed E-state index contributed by atoms with van der Waals surface area (Å²) >= 11 is 5.99. The van der Waals surface area contributed by atoms with Crippen LogP contribution in [0.15, 0.2) is 73.1 Å². The van der Waals surface area contributed by atoms with Gasteiger partial charge >= 0.3 is 6.18 Å². The van der Waals surface area contributed by atoms with Gasteiger partial charge in [-0.05, 0) is 91.5 Å². The van der Waals surface area contributed by atoms with E-state index < -0.39 is 11.7 Å². The number of rotatable bonds is 5. The number of nitrogens with zero attached hydrogens (tertiary/aromatic N) is 3. The van der Waals surface area contributed by atoms with Crippen LogP contribution in [0.3, 0.4) is 0 Å². The first-order valence-electron chi connectivity index (χ1n) is 12.6. The van der Waals surface area contributed by atoms with Crippen molar-refractivity contribution in [3.8, 4) is 5.69 Å². The molecule has 5 rings (SSSR count). The van der Waals surface area contributed by atoms with Crippen LogP contribution in [0, 0.1) is 5.92 Å². The molecule has 2 aliphatic heterocycles. The molecule has 1 saturated heterocycles. The van der Waals surface area contributed by atoms with Crippen molar-refractivity contribution >= 4 is 23.1 Å². The van der Waals surface area contributed by atoms with Crippen molar-refractivity contribution in [3.05, 3.63) is 94.8 Å². The molecule has 0 spiro atoms. The molecule has 0 N–H and O–H groups in total. The Bertz CT molecular complexity index is 1260. The highest BCUT2D eigenvalue weighted by Crippen LogP contribution is 2.30. The van der Waals surface area contributed by atoms with Crippen molar-refractivity contribution in [2.45, 2.75) is 32.0 Å². The van der Waals surface area contributed by atoms with Crippen LogP contribution in [0.1, 0.15) is 36.0 Å². The fourth-order valence-corrected chi connectivity index (χ4v) is 5.29. The predicted molar refractivity (Wildman–Crippen MR) is 139 cm³/mol. The highest BCUT2D eigenvalue weighted by atomic mass is 35.5. The van der Waals surface area contributed by atoms with Crippen LogP contribution < -0.4 is 0 Å². The van der Waals surface area contributed by atoms with Crippen LogP contribution in [0.25, 0.3) is 11.3 Å². The lowest BCUT2D eigenvalue weighted by molar-refractivity contribution is -0.138. The third-order valence-corrected chi connectivity index (χ3v) is 7.58. The first kappa shape index (κ1) is 25.6. The number of amides is 1. The van der Waals surface area contributed by atoms with Gasteiger partial charge in [-0.15, -0.1) is 0 Å². The molecule has 0 bridgehead atoms. The van der Waals surface area contributed by atoms with E-state index in [1.807, 2.05) is 52.2 Å². The van der Waals surface area contributed by atoms with E-state index in [4.69, 9.17) is 11.6 Å². The highest BCUT2D eigenvalue weighted by molar-refractivity contribution is 6.30. The van der Waals surface area contributed by atoms with E-state index in [0.29, 0.717) is 12.2 Å². The third-order valence-electron chi connectivity index (χ3n) is 7.33. The summed E-state index contributed by atoms with van der Waals surface area (Å²) in [5, 5.41) is 0.722. The van der Waals surface area contributed by atoms with Gasteiger partial charge in [0.1, 0.15) is 0 Å². The normalized spacial score (nSPS) is 17.6. The summed E-state index contributed by atoms with van der Waals surface area (Å²) in [6.07, 6.45) is 4.17. The topological polar surface area (TPSA) is 28.5 Å². The summed E-state index contributed by atoms with van der Waals surface area (Å²) in [4.78, 5) is 17.5. The molecule has 0 unspecified atom stereocenters. The van der Waals surface area contributed by atoms with Gasteiger partial charge in [-0.2, -0.15) is 13.2 Å². The fourth-order valence-electron chi connectivity index (χ4n) is 5.17. The summed E-state index contributed by atoms with van der Waals surface area (Å²) in [6.45, 7) is 3.84. The Balaban J connectivity index is 1.11. The van der Waals surface area contributed by atoms with Crippen LogP contribution in [0.2, 0.25) is 5.02 Å². The second kappa shape index (κ2) is 10.8. The number of aromatic nitrogens is 1. The molecular weight excluding hydrogens is 499 g/mol. The van der Waals surface area contributed by atoms with Crippen molar-refractivity contribution in [2.24, 2.45) is 5.92 Å². The number of piperidine rings is 1. The molecule has 0 saturated carbocycles. The Morgan fingerprint density at radius 2 is 1.65 bits per heavy atom. The predicted octanol–water partition coefficient (Wildman–Crippen LogP) is 6.68. The van der Waals surface area contributed by atoms with Crippen LogP contribution >= 0.6 is 11.6 Å². The molecule has 0 atom stereocenters. The Morgan fingerprint density at radius 3 is 2.27 bits per heavy atom. The molecule has 3 aromatic rings. The average Bonchev–Trinajstić information content (AvgIpc) is 3.37. The first-order valence-corrected chi connectivity index (χ1v) is 12.9. The molecule has 0 radical (unpaired) electrons. The maximum Gasteiger partial charge on any atom is 0.416 e. The van der Waals surface area contributed by atoms with Crippen molar-refractivity contribution in [3.63, 3.8) is 0 Å². The molecule has 2 aliphatic rings. The highest BCUT2D eigenvalue weighted by Gasteiger charge is 2.31. The van der Waals surface area contributed by atoms with Gasteiger partial charge in [-0.3, -0.25) is 9.69 Å². The molecule has 194 valence electrons. The maximum atomic E-state index is 13.1. The SMILES string of the molecule is O=C(C1CCN(Cc2ccn(-c3ccc(C(F)(F)F)cc3)c2)CC1)N1CC=C(c2ccc(Cl)cc2)CC1. The molecule has 3 heterocycles. The second-order valence-corrected chi connectivity index (χ2v) is 10.2. The number of hydrogen-bond donors (Lipinski definition) is 0. The molecule has 1 aromatic heterocycles. The maximum absolute atomic E-state index is 13.1. The summed E-state index contributed by atoms with van der Waals surface area (Å²) in [5.74, 6) is 0.304. The van der Waals surface area contributed by atoms with Gasteiger partial charge in [0.2, 0.25) is 5.91 Å². The van der Waals surface area contributed by atoms with E-state index in [1.54, 1.807) is 0 Å². The van der Waals surface area contributed by atoms with Crippen molar-refractivity contribution in [1.29, 1.82) is 0 Å². The van der Waals surface area contributed by atoms with Crippen LogP contribution in [0.5, 0.6) is 0 Å². The number of carbonyl (C=O) groups is 1. The fraction of sp³-hybridized carbons (Fsp3) is 0.345. The molecule has 8 heteroatoms. The van der Waals surface area contributed by atoms with Crippen LogP contribution in [0.4, 0.5) is 13.2 Å². The molecular formula is C29H29ClF3N3O. The molecule has 1 fully saturated rings. The minimum Gasteiger partial charge on any atom is -0.338 e. The number of likely N-dealkylation sites (tertiary alicyclic amines) is 1. The number of benzene rings is 2. The largest absolute Gasteiger partial charge is 0.416 e. The van der Waals surface area contributed by atoms with E-state index in [1.165, 1.54) is 17.7 Å². The number of carbonyl (C=O) groups excluding carboxylic acids is 1. The van der Waals surface area contributed by atoms with E-state index in [0.717, 1.165) is 73.7 Å². The lowest BCUT2D eigenvalue weighted by atomic mass is 9.93. The smallest absolute Gasteiger partial charge is 0.338 e. The van der Waals surface area contributed by atoms with Gasteiger partial charge in [0, 0.05) is 48.7 Å². The quantitative estimate of drug-likeness (QED) is 0.370. The van der Waals surface area contributed by atoms with Gasteiger partial charge in [-0.1, -0.05) is 29.8 Å². The van der Waals surface area contributed by atoms with Crippen molar-refractivity contribution in [2.75, 3.05) is 26.2 Å². The van der Waals surface area contributed by atoms with E-state index in [9.17, 15) is 18.0 Å². The number of alkyl halides is 3. The van der Waals surface area contributed by atoms with E-state index in [2.05, 4.69) is 11.0 Å². The Morgan fingerprint density at radius 1 is 0.946 bits per heavy atom. The Labute approximate surface area is 219 Å². The van der Waals surface area contributed by atoms with Gasteiger partial charge < -0.3 is 9.47 Å². The average molecular weight is 528 g/mol. The standard InChI is InChI=1S/C29H29ClF3N3O/c30-26-5-1-22(2-6-26)23-12-17-35(18-13-23)28(37)24-10-14-34(15-11-24)19-21-9-16-36(20-21)27-7-3-25(4-8-27)29(31,32)33/h1-9,12,16,20,24H,10-11,13-15,17-19H2. The van der Waals surface area contributed by atoms with Crippen LogP contribution in [-0.4, -0.2) is 46.5 Å². The van der Waals surface area contributed by atoms with E-state index >= 15 is 0 Å². The zero-order chi connectivity index (χ0) is 26.0. The molecule has 2 aromatic carbocycles. The molecule has 37 heavy (non-hydrogen) atoms. The lowest BCUT2D eigenvalue weighted by Gasteiger charge is -2.35. The summed E-state index contributed by atoms with van der Waals surface area (Å²) in [6, 6.07) is 15.0. The van der Waals surface area contributed by atoms with Gasteiger partial charge in [0.05, 0.1) is 5.56 Å². The number of halogens is 4. The molecule has 0 aliphatic carbocycles. The molecule has 1 amide bonds. The monoisotopic (exact) mass is 527 g/mol.